The maximum atomic E-state index is 6.44. The minimum Gasteiger partial charge on any atom is -0.456 e. The lowest BCUT2D eigenvalue weighted by molar-refractivity contribution is 0.664. The second-order valence-electron chi connectivity index (χ2n) is 14.4. The first-order valence-corrected chi connectivity index (χ1v) is 18.5. The van der Waals surface area contributed by atoms with Crippen LogP contribution in [0.15, 0.2) is 191 Å². The van der Waals surface area contributed by atoms with E-state index in [-0.39, 0.29) is 0 Å². The van der Waals surface area contributed by atoms with Crippen LogP contribution in [0.1, 0.15) is 0 Å². The largest absolute Gasteiger partial charge is 0.456 e. The summed E-state index contributed by atoms with van der Waals surface area (Å²) in [6, 6.07) is 65.8. The van der Waals surface area contributed by atoms with Crippen LogP contribution in [0, 0.1) is 0 Å². The zero-order valence-corrected chi connectivity index (χ0v) is 29.1. The first-order chi connectivity index (χ1) is 26.7. The lowest BCUT2D eigenvalue weighted by Crippen LogP contribution is -1.91. The number of hydrogen-bond donors (Lipinski definition) is 0. The first kappa shape index (κ1) is 29.4. The minimum atomic E-state index is 0.867. The highest BCUT2D eigenvalue weighted by Gasteiger charge is 2.18. The summed E-state index contributed by atoms with van der Waals surface area (Å²) in [6.45, 7) is 0. The van der Waals surface area contributed by atoms with Gasteiger partial charge >= 0.3 is 0 Å². The summed E-state index contributed by atoms with van der Waals surface area (Å²) in [5.74, 6) is 0. The van der Waals surface area contributed by atoms with Crippen molar-refractivity contribution in [3.8, 4) is 33.4 Å². The third-order valence-corrected chi connectivity index (χ3v) is 11.4. The Morgan fingerprint density at radius 1 is 0.222 bits per heavy atom. The van der Waals surface area contributed by atoms with Crippen molar-refractivity contribution in [1.82, 2.24) is 0 Å². The molecule has 54 heavy (non-hydrogen) atoms. The second kappa shape index (κ2) is 11.2. The molecule has 0 fully saturated rings. The van der Waals surface area contributed by atoms with E-state index in [0.29, 0.717) is 0 Å². The Labute approximate surface area is 310 Å². The average molecular weight is 687 g/mol. The summed E-state index contributed by atoms with van der Waals surface area (Å²) < 4.78 is 12.9. The summed E-state index contributed by atoms with van der Waals surface area (Å²) in [5.41, 5.74) is 10.8. The van der Waals surface area contributed by atoms with Gasteiger partial charge < -0.3 is 8.83 Å². The number of fused-ring (bicyclic) bond motifs is 10. The minimum absolute atomic E-state index is 0.867. The van der Waals surface area contributed by atoms with Crippen molar-refractivity contribution in [3.05, 3.63) is 182 Å². The van der Waals surface area contributed by atoms with Gasteiger partial charge in [0.2, 0.25) is 0 Å². The van der Waals surface area contributed by atoms with E-state index in [2.05, 4.69) is 182 Å². The predicted molar refractivity (Wildman–Crippen MR) is 227 cm³/mol. The Hall–Kier alpha value is -7.16. The molecule has 0 aliphatic heterocycles. The Balaban J connectivity index is 0.979. The number of furan rings is 2. The van der Waals surface area contributed by atoms with Crippen molar-refractivity contribution in [2.75, 3.05) is 0 Å². The summed E-state index contributed by atoms with van der Waals surface area (Å²) in [4.78, 5) is 0. The van der Waals surface area contributed by atoms with E-state index in [0.717, 1.165) is 55.0 Å². The van der Waals surface area contributed by atoms with Crippen LogP contribution < -0.4 is 0 Å². The van der Waals surface area contributed by atoms with Gasteiger partial charge in [-0.1, -0.05) is 140 Å². The standard InChI is InChI=1S/C52H30O2/c1-2-10-34-25-38(22-19-31(34)9-1)52-41-15-7-5-13-39(41)51(40-14-6-8-16-42(40)52)33-20-17-32(18-21-33)37-23-24-47-43(27-37)45-29-50-46(30-49(45)53-47)44-26-35-11-3-4-12-36(35)28-48(44)54-50/h1-30H. The molecule has 250 valence electrons. The SMILES string of the molecule is c1ccc2cc(-c3c4ccccc4c(-c4ccc(-c5ccc6oc7cc8c(cc7c6c5)oc5cc6ccccc6cc58)cc4)c4ccccc34)ccc2c1. The fourth-order valence-corrected chi connectivity index (χ4v) is 8.83. The molecule has 2 heteroatoms. The summed E-state index contributed by atoms with van der Waals surface area (Å²) in [6.07, 6.45) is 0. The molecule has 0 N–H and O–H groups in total. The van der Waals surface area contributed by atoms with Gasteiger partial charge in [-0.05, 0) is 119 Å². The second-order valence-corrected chi connectivity index (χ2v) is 14.4. The molecule has 0 atom stereocenters. The monoisotopic (exact) mass is 686 g/mol. The van der Waals surface area contributed by atoms with Crippen LogP contribution in [0.2, 0.25) is 0 Å². The summed E-state index contributed by atoms with van der Waals surface area (Å²) in [5, 5.41) is 14.2. The summed E-state index contributed by atoms with van der Waals surface area (Å²) >= 11 is 0. The molecule has 0 unspecified atom stereocenters. The van der Waals surface area contributed by atoms with Gasteiger partial charge in [-0.2, -0.15) is 0 Å². The van der Waals surface area contributed by atoms with E-state index < -0.39 is 0 Å². The molecule has 0 bridgehead atoms. The molecular weight excluding hydrogens is 657 g/mol. The van der Waals surface area contributed by atoms with Gasteiger partial charge in [0.15, 0.2) is 0 Å². The third kappa shape index (κ3) is 4.34. The topological polar surface area (TPSA) is 26.3 Å². The first-order valence-electron chi connectivity index (χ1n) is 18.5. The molecule has 2 heterocycles. The lowest BCUT2D eigenvalue weighted by atomic mass is 9.85. The van der Waals surface area contributed by atoms with Crippen molar-refractivity contribution >= 4 is 87.0 Å². The maximum Gasteiger partial charge on any atom is 0.136 e. The molecular formula is C52H30O2. The zero-order chi connectivity index (χ0) is 35.3. The Bertz CT molecular complexity index is 3430. The van der Waals surface area contributed by atoms with Crippen LogP contribution in [0.25, 0.3) is 120 Å². The zero-order valence-electron chi connectivity index (χ0n) is 29.1. The van der Waals surface area contributed by atoms with Gasteiger partial charge in [-0.25, -0.2) is 0 Å². The molecule has 2 aromatic heterocycles. The highest BCUT2D eigenvalue weighted by atomic mass is 16.3. The Morgan fingerprint density at radius 2 is 0.648 bits per heavy atom. The van der Waals surface area contributed by atoms with Crippen molar-refractivity contribution in [2.45, 2.75) is 0 Å². The van der Waals surface area contributed by atoms with Crippen molar-refractivity contribution in [1.29, 1.82) is 0 Å². The van der Waals surface area contributed by atoms with E-state index in [1.165, 1.54) is 65.3 Å². The van der Waals surface area contributed by atoms with Gasteiger partial charge in [0.1, 0.15) is 22.3 Å². The van der Waals surface area contributed by atoms with Crippen LogP contribution in [0.4, 0.5) is 0 Å². The van der Waals surface area contributed by atoms with Gasteiger partial charge in [0, 0.05) is 21.5 Å². The third-order valence-electron chi connectivity index (χ3n) is 11.4. The molecule has 0 amide bonds. The Kier molecular flexibility index (Phi) is 6.09. The van der Waals surface area contributed by atoms with E-state index in [4.69, 9.17) is 8.83 Å². The van der Waals surface area contributed by atoms with Crippen LogP contribution in [-0.2, 0) is 0 Å². The highest BCUT2D eigenvalue weighted by molar-refractivity contribution is 6.22. The molecule has 0 aliphatic carbocycles. The highest BCUT2D eigenvalue weighted by Crippen LogP contribution is 2.45. The van der Waals surface area contributed by atoms with Gasteiger partial charge in [-0.3, -0.25) is 0 Å². The molecule has 12 aromatic rings. The normalized spacial score (nSPS) is 12.1. The van der Waals surface area contributed by atoms with Crippen LogP contribution in [0.5, 0.6) is 0 Å². The predicted octanol–water partition coefficient (Wildman–Crippen LogP) is 15.1. The van der Waals surface area contributed by atoms with Gasteiger partial charge in [0.05, 0.1) is 0 Å². The van der Waals surface area contributed by atoms with E-state index in [9.17, 15) is 0 Å². The van der Waals surface area contributed by atoms with Crippen molar-refractivity contribution in [2.24, 2.45) is 0 Å². The molecule has 0 spiro atoms. The lowest BCUT2D eigenvalue weighted by Gasteiger charge is -2.18. The molecule has 0 aliphatic rings. The number of rotatable bonds is 3. The molecule has 0 saturated heterocycles. The van der Waals surface area contributed by atoms with Crippen molar-refractivity contribution in [3.63, 3.8) is 0 Å². The van der Waals surface area contributed by atoms with Crippen LogP contribution in [-0.4, -0.2) is 0 Å². The average Bonchev–Trinajstić information content (AvgIpc) is 3.76. The molecule has 12 rings (SSSR count). The number of hydrogen-bond acceptors (Lipinski definition) is 2. The fourth-order valence-electron chi connectivity index (χ4n) is 8.83. The van der Waals surface area contributed by atoms with Crippen molar-refractivity contribution < 1.29 is 8.83 Å². The number of benzene rings is 10. The van der Waals surface area contributed by atoms with E-state index >= 15 is 0 Å². The van der Waals surface area contributed by atoms with Crippen LogP contribution in [0.3, 0.4) is 0 Å². The fraction of sp³-hybridized carbons (Fsp3) is 0. The smallest absolute Gasteiger partial charge is 0.136 e. The molecule has 0 radical (unpaired) electrons. The molecule has 2 nitrogen and oxygen atoms in total. The van der Waals surface area contributed by atoms with Crippen LogP contribution >= 0.6 is 0 Å². The summed E-state index contributed by atoms with van der Waals surface area (Å²) in [7, 11) is 0. The van der Waals surface area contributed by atoms with Gasteiger partial charge in [-0.15, -0.1) is 0 Å². The molecule has 0 saturated carbocycles. The quantitative estimate of drug-likeness (QED) is 0.173. The van der Waals surface area contributed by atoms with E-state index in [1.54, 1.807) is 0 Å². The maximum absolute atomic E-state index is 6.44. The van der Waals surface area contributed by atoms with Gasteiger partial charge in [0.25, 0.3) is 0 Å². The Morgan fingerprint density at radius 3 is 1.30 bits per heavy atom. The van der Waals surface area contributed by atoms with E-state index in [1.807, 2.05) is 0 Å². The molecule has 10 aromatic carbocycles.